The van der Waals surface area contributed by atoms with Crippen molar-refractivity contribution >= 4 is 23.2 Å². The zero-order valence-electron chi connectivity index (χ0n) is 16.2. The molecule has 0 aliphatic carbocycles. The van der Waals surface area contributed by atoms with E-state index in [1.165, 1.54) is 0 Å². The highest BCUT2D eigenvalue weighted by Gasteiger charge is 2.39. The number of para-hydroxylation sites is 1. The van der Waals surface area contributed by atoms with Crippen LogP contribution in [0.15, 0.2) is 78.9 Å². The van der Waals surface area contributed by atoms with Crippen LogP contribution in [0.3, 0.4) is 0 Å². The molecule has 152 valence electrons. The predicted octanol–water partition coefficient (Wildman–Crippen LogP) is 3.54. The molecule has 0 saturated heterocycles. The van der Waals surface area contributed by atoms with Crippen molar-refractivity contribution in [2.24, 2.45) is 0 Å². The normalized spacial score (nSPS) is 15.0. The van der Waals surface area contributed by atoms with Crippen LogP contribution in [0.5, 0.6) is 5.75 Å². The first-order valence-corrected chi connectivity index (χ1v) is 9.54. The number of carbonyl (C=O) groups is 1. The van der Waals surface area contributed by atoms with Crippen molar-refractivity contribution in [2.45, 2.75) is 12.6 Å². The molecule has 0 saturated carbocycles. The highest BCUT2D eigenvalue weighted by Crippen LogP contribution is 2.35. The second-order valence-electron chi connectivity index (χ2n) is 6.92. The first-order valence-electron chi connectivity index (χ1n) is 9.54. The van der Waals surface area contributed by atoms with Gasteiger partial charge in [-0.25, -0.2) is 0 Å². The van der Waals surface area contributed by atoms with Gasteiger partial charge < -0.3 is 20.4 Å². The SMILES string of the molecule is O=C(COc1ccccc1)Nc1ccc2c(c1)C(NO)C(O)=[N+]2Cc1ccccc1. The van der Waals surface area contributed by atoms with E-state index in [9.17, 15) is 15.1 Å². The third-order valence-electron chi connectivity index (χ3n) is 4.87. The van der Waals surface area contributed by atoms with Crippen molar-refractivity contribution in [1.29, 1.82) is 0 Å². The van der Waals surface area contributed by atoms with Crippen LogP contribution in [-0.4, -0.2) is 33.3 Å². The Morgan fingerprint density at radius 3 is 2.40 bits per heavy atom. The Morgan fingerprint density at radius 1 is 1.00 bits per heavy atom. The van der Waals surface area contributed by atoms with E-state index in [0.29, 0.717) is 23.5 Å². The summed E-state index contributed by atoms with van der Waals surface area (Å²) in [6, 6.07) is 23.3. The highest BCUT2D eigenvalue weighted by molar-refractivity contribution is 5.93. The molecule has 1 unspecified atom stereocenters. The van der Waals surface area contributed by atoms with E-state index in [0.717, 1.165) is 11.3 Å². The van der Waals surface area contributed by atoms with Crippen molar-refractivity contribution in [2.75, 3.05) is 11.9 Å². The standard InChI is InChI=1S/C23H21N3O4/c27-21(15-30-18-9-5-2-6-10-18)24-17-11-12-20-19(13-17)22(25-29)23(28)26(20)14-16-7-3-1-4-8-16/h1-13,22,25,29H,14-15H2,(H,24,27)/p+1. The smallest absolute Gasteiger partial charge is 0.365 e. The minimum Gasteiger partial charge on any atom is -0.484 e. The monoisotopic (exact) mass is 404 g/mol. The minimum atomic E-state index is -0.777. The summed E-state index contributed by atoms with van der Waals surface area (Å²) in [7, 11) is 0. The van der Waals surface area contributed by atoms with Crippen LogP contribution in [0.1, 0.15) is 17.2 Å². The lowest BCUT2D eigenvalue weighted by atomic mass is 10.1. The number of carbonyl (C=O) groups excluding carboxylic acids is 1. The number of rotatable bonds is 7. The van der Waals surface area contributed by atoms with Gasteiger partial charge in [-0.1, -0.05) is 48.5 Å². The fourth-order valence-corrected chi connectivity index (χ4v) is 3.45. The van der Waals surface area contributed by atoms with Crippen LogP contribution in [0.2, 0.25) is 0 Å². The largest absolute Gasteiger partial charge is 0.484 e. The number of nitrogens with one attached hydrogen (secondary N) is 2. The summed E-state index contributed by atoms with van der Waals surface area (Å²) in [5.41, 5.74) is 5.12. The summed E-state index contributed by atoms with van der Waals surface area (Å²) in [5.74, 6) is 0.300. The van der Waals surface area contributed by atoms with Gasteiger partial charge in [0.15, 0.2) is 19.2 Å². The Bertz CT molecular complexity index is 1070. The van der Waals surface area contributed by atoms with Crippen molar-refractivity contribution in [3.05, 3.63) is 90.0 Å². The molecule has 4 rings (SSSR count). The molecule has 0 fully saturated rings. The summed E-state index contributed by atoms with van der Waals surface area (Å²) < 4.78 is 7.18. The van der Waals surface area contributed by atoms with Crippen molar-refractivity contribution in [3.63, 3.8) is 0 Å². The van der Waals surface area contributed by atoms with Crippen molar-refractivity contribution < 1.29 is 24.4 Å². The van der Waals surface area contributed by atoms with Gasteiger partial charge >= 0.3 is 5.90 Å². The van der Waals surface area contributed by atoms with Gasteiger partial charge in [0, 0.05) is 17.3 Å². The van der Waals surface area contributed by atoms with Gasteiger partial charge in [-0.3, -0.25) is 4.79 Å². The summed E-state index contributed by atoms with van der Waals surface area (Å²) in [4.78, 5) is 12.2. The number of hydrogen-bond donors (Lipinski definition) is 4. The number of benzene rings is 3. The molecule has 1 aliphatic heterocycles. The Morgan fingerprint density at radius 2 is 1.70 bits per heavy atom. The number of aliphatic hydroxyl groups is 1. The lowest BCUT2D eigenvalue weighted by Crippen LogP contribution is -2.26. The van der Waals surface area contributed by atoms with Gasteiger partial charge in [0.25, 0.3) is 5.91 Å². The minimum absolute atomic E-state index is 0.00718. The molecule has 0 aromatic heterocycles. The van der Waals surface area contributed by atoms with Gasteiger partial charge in [-0.15, -0.1) is 0 Å². The first-order chi connectivity index (χ1) is 14.7. The van der Waals surface area contributed by atoms with E-state index < -0.39 is 6.04 Å². The summed E-state index contributed by atoms with van der Waals surface area (Å²) >= 11 is 0. The molecule has 7 heteroatoms. The molecule has 3 aromatic rings. The van der Waals surface area contributed by atoms with Crippen molar-refractivity contribution in [1.82, 2.24) is 5.48 Å². The summed E-state index contributed by atoms with van der Waals surface area (Å²) in [5, 5.41) is 23.0. The van der Waals surface area contributed by atoms with E-state index in [4.69, 9.17) is 4.74 Å². The van der Waals surface area contributed by atoms with Crippen LogP contribution >= 0.6 is 0 Å². The molecule has 7 nitrogen and oxygen atoms in total. The third kappa shape index (κ3) is 4.17. The maximum Gasteiger partial charge on any atom is 0.365 e. The number of hydrogen-bond acceptors (Lipinski definition) is 4. The number of anilines is 1. The first kappa shape index (κ1) is 19.6. The summed E-state index contributed by atoms with van der Waals surface area (Å²) in [6.07, 6.45) is 0. The van der Waals surface area contributed by atoms with Gasteiger partial charge in [0.1, 0.15) is 5.75 Å². The topological polar surface area (TPSA) is 93.8 Å². The average Bonchev–Trinajstić information content (AvgIpc) is 3.04. The van der Waals surface area contributed by atoms with E-state index in [1.807, 2.05) is 48.5 Å². The Balaban J connectivity index is 1.49. The second-order valence-corrected chi connectivity index (χ2v) is 6.92. The van der Waals surface area contributed by atoms with Crippen LogP contribution in [0.25, 0.3) is 0 Å². The van der Waals surface area contributed by atoms with Crippen LogP contribution in [0.4, 0.5) is 11.4 Å². The van der Waals surface area contributed by atoms with Gasteiger partial charge in [0.2, 0.25) is 5.69 Å². The molecular weight excluding hydrogens is 382 g/mol. The maximum absolute atomic E-state index is 12.2. The van der Waals surface area contributed by atoms with Crippen LogP contribution < -0.4 is 15.5 Å². The zero-order chi connectivity index (χ0) is 20.9. The molecule has 1 heterocycles. The second kappa shape index (κ2) is 8.77. The molecular formula is C23H22N3O4+. The molecule has 1 amide bonds. The molecule has 30 heavy (non-hydrogen) atoms. The number of fused-ring (bicyclic) bond motifs is 1. The summed E-state index contributed by atoms with van der Waals surface area (Å²) in [6.45, 7) is 0.328. The van der Waals surface area contributed by atoms with Crippen LogP contribution in [0, 0.1) is 0 Å². The number of hydroxylamine groups is 1. The lowest BCUT2D eigenvalue weighted by Gasteiger charge is -2.09. The number of ether oxygens (including phenoxy) is 1. The Kier molecular flexibility index (Phi) is 5.74. The van der Waals surface area contributed by atoms with Crippen LogP contribution in [-0.2, 0) is 11.3 Å². The molecule has 4 N–H and O–H groups in total. The number of amides is 1. The highest BCUT2D eigenvalue weighted by atomic mass is 16.5. The average molecular weight is 404 g/mol. The fourth-order valence-electron chi connectivity index (χ4n) is 3.45. The maximum atomic E-state index is 12.2. The Hall–Kier alpha value is -3.68. The van der Waals surface area contributed by atoms with Gasteiger partial charge in [-0.2, -0.15) is 10.1 Å². The zero-order valence-corrected chi connectivity index (χ0v) is 16.2. The number of aliphatic hydroxyl groups excluding tert-OH is 1. The van der Waals surface area contributed by atoms with E-state index in [-0.39, 0.29) is 18.4 Å². The fraction of sp³-hybridized carbons (Fsp3) is 0.130. The van der Waals surface area contributed by atoms with E-state index in [2.05, 4.69) is 10.8 Å². The molecule has 3 aromatic carbocycles. The van der Waals surface area contributed by atoms with Gasteiger partial charge in [0.05, 0.1) is 5.56 Å². The number of nitrogens with zero attached hydrogens (tertiary/aromatic N) is 1. The molecule has 1 aliphatic rings. The Labute approximate surface area is 173 Å². The van der Waals surface area contributed by atoms with Gasteiger partial charge in [-0.05, 0) is 24.3 Å². The third-order valence-corrected chi connectivity index (χ3v) is 4.87. The molecule has 0 bridgehead atoms. The van der Waals surface area contributed by atoms with E-state index in [1.54, 1.807) is 34.9 Å². The quantitative estimate of drug-likeness (QED) is 0.357. The molecule has 1 atom stereocenters. The van der Waals surface area contributed by atoms with E-state index >= 15 is 0 Å². The van der Waals surface area contributed by atoms with Crippen molar-refractivity contribution in [3.8, 4) is 5.75 Å². The lowest BCUT2D eigenvalue weighted by molar-refractivity contribution is -0.464. The molecule has 0 spiro atoms. The molecule has 0 radical (unpaired) electrons. The predicted molar refractivity (Wildman–Crippen MR) is 112 cm³/mol.